The lowest BCUT2D eigenvalue weighted by molar-refractivity contribution is -0.301. The van der Waals surface area contributed by atoms with Crippen LogP contribution in [0.2, 0.25) is 0 Å². The van der Waals surface area contributed by atoms with Crippen molar-refractivity contribution >= 4 is 16.4 Å². The van der Waals surface area contributed by atoms with Gasteiger partial charge in [0, 0.05) is 13.0 Å². The Hall–Kier alpha value is -1.16. The predicted molar refractivity (Wildman–Crippen MR) is 174 cm³/mol. The summed E-state index contributed by atoms with van der Waals surface area (Å²) in [5.41, 5.74) is 0. The molecule has 1 rings (SSSR count). The normalized spacial score (nSPS) is 22.8. The number of carbonyl (C=O) groups excluding carboxylic acids is 1. The average Bonchev–Trinajstić information content (AvgIpc) is 3.01. The van der Waals surface area contributed by atoms with Crippen molar-refractivity contribution in [1.29, 1.82) is 0 Å². The molecule has 1 heterocycles. The highest BCUT2D eigenvalue weighted by molar-refractivity contribution is 7.80. The Morgan fingerprint density at radius 3 is 1.96 bits per heavy atom. The summed E-state index contributed by atoms with van der Waals surface area (Å²) in [6.45, 7) is 3.80. The highest BCUT2D eigenvalue weighted by Crippen LogP contribution is 2.26. The highest BCUT2D eigenvalue weighted by Gasteiger charge is 2.48. The molecule has 0 spiro atoms. The number of hydrogen-bond acceptors (Lipinski definition) is 11. The maximum atomic E-state index is 12.5. The zero-order valence-electron chi connectivity index (χ0n) is 28.1. The van der Waals surface area contributed by atoms with Crippen LogP contribution in [-0.2, 0) is 38.3 Å². The van der Waals surface area contributed by atoms with Crippen molar-refractivity contribution in [3.05, 3.63) is 12.2 Å². The number of ether oxygens (including phenoxy) is 4. The Morgan fingerprint density at radius 2 is 1.37 bits per heavy atom. The van der Waals surface area contributed by atoms with E-state index >= 15 is 0 Å². The third-order valence-corrected chi connectivity index (χ3v) is 8.35. The molecule has 0 aromatic rings. The van der Waals surface area contributed by atoms with Gasteiger partial charge < -0.3 is 34.3 Å². The first-order valence-corrected chi connectivity index (χ1v) is 18.8. The van der Waals surface area contributed by atoms with Gasteiger partial charge in [0.15, 0.2) is 6.29 Å². The average molecular weight is 683 g/mol. The number of hydrogen-bond donors (Lipinski definition) is 4. The van der Waals surface area contributed by atoms with E-state index in [4.69, 9.17) is 23.5 Å². The van der Waals surface area contributed by atoms with Gasteiger partial charge in [0.2, 0.25) is 0 Å². The molecule has 0 amide bonds. The maximum absolute atomic E-state index is 12.5. The zero-order valence-corrected chi connectivity index (χ0v) is 29.0. The Kier molecular flexibility index (Phi) is 24.9. The molecule has 13 heteroatoms. The van der Waals surface area contributed by atoms with Crippen molar-refractivity contribution in [1.82, 2.24) is 0 Å². The molecule has 0 aliphatic carbocycles. The minimum atomic E-state index is -5.04. The van der Waals surface area contributed by atoms with Crippen LogP contribution in [0.3, 0.4) is 0 Å². The van der Waals surface area contributed by atoms with Crippen molar-refractivity contribution in [3.63, 3.8) is 0 Å². The molecule has 6 atom stereocenters. The van der Waals surface area contributed by atoms with Gasteiger partial charge in [-0.05, 0) is 38.5 Å². The molecular weight excluding hydrogens is 620 g/mol. The van der Waals surface area contributed by atoms with Gasteiger partial charge in [-0.15, -0.1) is 0 Å². The largest absolute Gasteiger partial charge is 0.457 e. The van der Waals surface area contributed by atoms with Crippen LogP contribution in [0.1, 0.15) is 129 Å². The molecule has 0 radical (unpaired) electrons. The first kappa shape index (κ1) is 42.9. The van der Waals surface area contributed by atoms with Crippen LogP contribution < -0.4 is 0 Å². The molecule has 1 aliphatic heterocycles. The second-order valence-corrected chi connectivity index (χ2v) is 13.2. The van der Waals surface area contributed by atoms with Gasteiger partial charge in [-0.25, -0.2) is 4.18 Å². The van der Waals surface area contributed by atoms with Gasteiger partial charge in [-0.2, -0.15) is 8.42 Å². The van der Waals surface area contributed by atoms with Crippen molar-refractivity contribution in [2.24, 2.45) is 0 Å². The molecule has 1 aliphatic rings. The summed E-state index contributed by atoms with van der Waals surface area (Å²) < 4.78 is 58.3. The molecule has 1 saturated heterocycles. The van der Waals surface area contributed by atoms with E-state index in [0.29, 0.717) is 13.0 Å². The Bertz CT molecular complexity index is 884. The number of esters is 1. The van der Waals surface area contributed by atoms with Crippen LogP contribution in [-0.4, -0.2) is 97.5 Å². The van der Waals surface area contributed by atoms with E-state index in [-0.39, 0.29) is 19.6 Å². The molecule has 0 aromatic carbocycles. The smallest absolute Gasteiger partial charge is 0.397 e. The quantitative estimate of drug-likeness (QED) is 0.0352. The van der Waals surface area contributed by atoms with Gasteiger partial charge in [-0.1, -0.05) is 96.6 Å². The van der Waals surface area contributed by atoms with Gasteiger partial charge in [-0.3, -0.25) is 9.35 Å². The van der Waals surface area contributed by atoms with Crippen LogP contribution in [0, 0.1) is 0 Å². The van der Waals surface area contributed by atoms with Gasteiger partial charge >= 0.3 is 16.4 Å². The van der Waals surface area contributed by atoms with Crippen LogP contribution in [0.4, 0.5) is 0 Å². The summed E-state index contributed by atoms with van der Waals surface area (Å²) in [5, 5.41) is 30.3. The van der Waals surface area contributed by atoms with Crippen molar-refractivity contribution < 1.29 is 56.2 Å². The fourth-order valence-electron chi connectivity index (χ4n) is 5.19. The van der Waals surface area contributed by atoms with Crippen LogP contribution in [0.5, 0.6) is 0 Å². The van der Waals surface area contributed by atoms with E-state index in [1.807, 2.05) is 0 Å². The van der Waals surface area contributed by atoms with Crippen molar-refractivity contribution in [2.75, 3.05) is 26.4 Å². The molecule has 272 valence electrons. The molecule has 12 nitrogen and oxygen atoms in total. The molecular formula is C33H62O12S. The summed E-state index contributed by atoms with van der Waals surface area (Å²) in [6.07, 6.45) is 14.7. The zero-order chi connectivity index (χ0) is 34.0. The molecule has 1 fully saturated rings. The predicted octanol–water partition coefficient (Wildman–Crippen LogP) is 5.18. The highest BCUT2D eigenvalue weighted by atomic mass is 32.3. The van der Waals surface area contributed by atoms with Crippen LogP contribution >= 0.6 is 0 Å². The third-order valence-electron chi connectivity index (χ3n) is 7.89. The summed E-state index contributed by atoms with van der Waals surface area (Å²) in [4.78, 5) is 12.5. The number of aliphatic hydroxyl groups is 3. The number of unbranched alkanes of at least 4 members (excludes halogenated alkanes) is 14. The van der Waals surface area contributed by atoms with E-state index in [0.717, 1.165) is 44.9 Å². The summed E-state index contributed by atoms with van der Waals surface area (Å²) in [5.74, 6) is -0.420. The molecule has 46 heavy (non-hydrogen) atoms. The molecule has 0 bridgehead atoms. The Balaban J connectivity index is 2.44. The maximum Gasteiger partial charge on any atom is 0.397 e. The molecule has 0 saturated carbocycles. The van der Waals surface area contributed by atoms with Gasteiger partial charge in [0.25, 0.3) is 0 Å². The van der Waals surface area contributed by atoms with Gasteiger partial charge in [0.05, 0.1) is 19.8 Å². The first-order valence-electron chi connectivity index (χ1n) is 17.4. The molecule has 0 aromatic heterocycles. The molecule has 6 unspecified atom stereocenters. The fraction of sp³-hybridized carbons (Fsp3) is 0.909. The van der Waals surface area contributed by atoms with E-state index in [1.165, 1.54) is 57.8 Å². The van der Waals surface area contributed by atoms with Crippen LogP contribution in [0.25, 0.3) is 0 Å². The summed E-state index contributed by atoms with van der Waals surface area (Å²) >= 11 is 0. The Labute approximate surface area is 277 Å². The Morgan fingerprint density at radius 1 is 0.804 bits per heavy atom. The number of rotatable bonds is 29. The minimum absolute atomic E-state index is 0.0332. The second-order valence-electron chi connectivity index (χ2n) is 12.1. The first-order chi connectivity index (χ1) is 22.1. The second kappa shape index (κ2) is 26.8. The van der Waals surface area contributed by atoms with Crippen molar-refractivity contribution in [2.45, 2.75) is 166 Å². The number of carbonyl (C=O) groups is 1. The SMILES string of the molecule is CCCCCCC/C=C\CCCCCCCCOCC(COC1OC(CO)C(O)C(OS(=O)(=O)O)C1O)OC(=O)CCCCCC. The minimum Gasteiger partial charge on any atom is -0.457 e. The topological polar surface area (TPSA) is 178 Å². The number of allylic oxidation sites excluding steroid dienone is 2. The lowest BCUT2D eigenvalue weighted by Gasteiger charge is -2.41. The molecule has 4 N–H and O–H groups in total. The lowest BCUT2D eigenvalue weighted by Crippen LogP contribution is -2.60. The third kappa shape index (κ3) is 20.9. The van der Waals surface area contributed by atoms with Crippen molar-refractivity contribution in [3.8, 4) is 0 Å². The lowest BCUT2D eigenvalue weighted by atomic mass is 9.99. The van der Waals surface area contributed by atoms with E-state index < -0.39 is 59.8 Å². The summed E-state index contributed by atoms with van der Waals surface area (Å²) in [7, 11) is -5.04. The number of aliphatic hydroxyl groups excluding tert-OH is 3. The van der Waals surface area contributed by atoms with E-state index in [1.54, 1.807) is 0 Å². The monoisotopic (exact) mass is 682 g/mol. The van der Waals surface area contributed by atoms with Crippen LogP contribution in [0.15, 0.2) is 12.2 Å². The van der Waals surface area contributed by atoms with E-state index in [2.05, 4.69) is 30.2 Å². The fourth-order valence-corrected chi connectivity index (χ4v) is 5.70. The summed E-state index contributed by atoms with van der Waals surface area (Å²) in [6, 6.07) is 0. The van der Waals surface area contributed by atoms with E-state index in [9.17, 15) is 28.5 Å². The van der Waals surface area contributed by atoms with Gasteiger partial charge in [0.1, 0.15) is 30.5 Å². The standard InChI is InChI=1S/C33H62O12S/c1-3-5-7-9-10-11-12-13-14-15-16-17-18-19-21-23-41-25-27(43-29(35)22-20-8-6-4-2)26-42-33-31(37)32(45-46(38,39)40)30(36)28(24-34)44-33/h12-13,27-28,30-34,36-37H,3-11,14-26H2,1-2H3,(H,38,39,40)/b13-12-.